The summed E-state index contributed by atoms with van der Waals surface area (Å²) in [6.45, 7) is 3.38. The lowest BCUT2D eigenvalue weighted by atomic mass is 10.1. The number of halogens is 1. The van der Waals surface area contributed by atoms with Crippen LogP contribution in [0.2, 0.25) is 0 Å². The largest absolute Gasteiger partial charge is 0.489 e. The van der Waals surface area contributed by atoms with Crippen molar-refractivity contribution in [2.45, 2.75) is 25.6 Å². The number of pyridine rings is 1. The molecule has 2 aromatic carbocycles. The van der Waals surface area contributed by atoms with E-state index in [4.69, 9.17) is 9.47 Å². The fourth-order valence-corrected chi connectivity index (χ4v) is 3.81. The van der Waals surface area contributed by atoms with Gasteiger partial charge in [0.05, 0.1) is 6.10 Å². The van der Waals surface area contributed by atoms with E-state index >= 15 is 0 Å². The van der Waals surface area contributed by atoms with Crippen molar-refractivity contribution in [1.29, 1.82) is 0 Å². The second-order valence-electron chi connectivity index (χ2n) is 7.85. The molecule has 0 bridgehead atoms. The SMILES string of the molecule is CO[C@@H]1CCN(CCc2ccc(-n3ccc(OCc4ccc(F)cc4)cc3=O)cc2)C1. The van der Waals surface area contributed by atoms with Crippen molar-refractivity contribution in [1.82, 2.24) is 9.47 Å². The van der Waals surface area contributed by atoms with Crippen molar-refractivity contribution in [3.8, 4) is 11.4 Å². The lowest BCUT2D eigenvalue weighted by Gasteiger charge is -2.15. The van der Waals surface area contributed by atoms with Crippen molar-refractivity contribution in [3.63, 3.8) is 0 Å². The second-order valence-corrected chi connectivity index (χ2v) is 7.85. The molecule has 3 aromatic rings. The third kappa shape index (κ3) is 5.60. The van der Waals surface area contributed by atoms with Gasteiger partial charge in [0, 0.05) is 44.7 Å². The Morgan fingerprint density at radius 2 is 1.77 bits per heavy atom. The number of aromatic nitrogens is 1. The molecule has 0 radical (unpaired) electrons. The highest BCUT2D eigenvalue weighted by Crippen LogP contribution is 2.15. The standard InChI is InChI=1S/C25H27FN2O3/c1-30-24-11-14-27(17-24)13-10-19-4-8-22(9-5-19)28-15-12-23(16-25(28)29)31-18-20-2-6-21(26)7-3-20/h2-9,12,15-16,24H,10-11,13-14,17-18H2,1H3/t24-/m1/s1. The van der Waals surface area contributed by atoms with Gasteiger partial charge in [0.1, 0.15) is 18.2 Å². The van der Waals surface area contributed by atoms with Crippen molar-refractivity contribution >= 4 is 0 Å². The molecule has 4 rings (SSSR count). The van der Waals surface area contributed by atoms with E-state index in [1.54, 1.807) is 36.1 Å². The van der Waals surface area contributed by atoms with Gasteiger partial charge in [-0.25, -0.2) is 4.39 Å². The highest BCUT2D eigenvalue weighted by atomic mass is 19.1. The smallest absolute Gasteiger partial charge is 0.258 e. The molecule has 1 aliphatic rings. The minimum Gasteiger partial charge on any atom is -0.489 e. The second kappa shape index (κ2) is 9.90. The highest BCUT2D eigenvalue weighted by Gasteiger charge is 2.21. The molecule has 0 aliphatic carbocycles. The number of ether oxygens (including phenoxy) is 2. The molecule has 2 heterocycles. The Morgan fingerprint density at radius 3 is 2.45 bits per heavy atom. The van der Waals surface area contributed by atoms with Crippen LogP contribution in [0.4, 0.5) is 4.39 Å². The fraction of sp³-hybridized carbons (Fsp3) is 0.320. The first-order valence-corrected chi connectivity index (χ1v) is 10.5. The molecule has 0 amide bonds. The zero-order chi connectivity index (χ0) is 21.6. The van der Waals surface area contributed by atoms with Gasteiger partial charge < -0.3 is 14.4 Å². The van der Waals surface area contributed by atoms with Crippen LogP contribution in [0.15, 0.2) is 71.7 Å². The van der Waals surface area contributed by atoms with Crippen molar-refractivity contribution in [2.24, 2.45) is 0 Å². The normalized spacial score (nSPS) is 16.5. The molecule has 31 heavy (non-hydrogen) atoms. The molecule has 6 heteroatoms. The van der Waals surface area contributed by atoms with Crippen LogP contribution in [0.25, 0.3) is 5.69 Å². The van der Waals surface area contributed by atoms with Crippen LogP contribution in [0.3, 0.4) is 0 Å². The minimum absolute atomic E-state index is 0.160. The van der Waals surface area contributed by atoms with E-state index in [1.165, 1.54) is 23.8 Å². The summed E-state index contributed by atoms with van der Waals surface area (Å²) >= 11 is 0. The third-order valence-corrected chi connectivity index (χ3v) is 5.70. The van der Waals surface area contributed by atoms with Gasteiger partial charge in [0.15, 0.2) is 0 Å². The van der Waals surface area contributed by atoms with E-state index in [2.05, 4.69) is 17.0 Å². The number of methoxy groups -OCH3 is 1. The Morgan fingerprint density at radius 1 is 1.03 bits per heavy atom. The molecular weight excluding hydrogens is 395 g/mol. The van der Waals surface area contributed by atoms with Gasteiger partial charge in [-0.1, -0.05) is 24.3 Å². The van der Waals surface area contributed by atoms with Crippen molar-refractivity contribution in [2.75, 3.05) is 26.7 Å². The number of likely N-dealkylation sites (tertiary alicyclic amines) is 1. The zero-order valence-corrected chi connectivity index (χ0v) is 17.7. The molecule has 5 nitrogen and oxygen atoms in total. The number of benzene rings is 2. The van der Waals surface area contributed by atoms with Crippen LogP contribution in [0, 0.1) is 5.82 Å². The molecule has 1 aromatic heterocycles. The zero-order valence-electron chi connectivity index (χ0n) is 17.7. The number of hydrogen-bond acceptors (Lipinski definition) is 4. The number of nitrogens with zero attached hydrogens (tertiary/aromatic N) is 2. The van der Waals surface area contributed by atoms with Crippen molar-refractivity contribution in [3.05, 3.63) is 94.2 Å². The quantitative estimate of drug-likeness (QED) is 0.554. The molecule has 1 fully saturated rings. The molecular formula is C25H27FN2O3. The lowest BCUT2D eigenvalue weighted by Crippen LogP contribution is -2.25. The minimum atomic E-state index is -0.284. The van der Waals surface area contributed by atoms with Gasteiger partial charge in [-0.3, -0.25) is 9.36 Å². The van der Waals surface area contributed by atoms with Crippen LogP contribution in [0.1, 0.15) is 17.5 Å². The van der Waals surface area contributed by atoms with Crippen LogP contribution in [-0.2, 0) is 17.8 Å². The molecule has 0 saturated carbocycles. The van der Waals surface area contributed by atoms with E-state index in [-0.39, 0.29) is 18.0 Å². The van der Waals surface area contributed by atoms with E-state index in [0.29, 0.717) is 11.9 Å². The van der Waals surface area contributed by atoms with E-state index in [0.717, 1.165) is 43.7 Å². The van der Waals surface area contributed by atoms with Gasteiger partial charge in [-0.15, -0.1) is 0 Å². The van der Waals surface area contributed by atoms with E-state index < -0.39 is 0 Å². The maximum atomic E-state index is 13.0. The Kier molecular flexibility index (Phi) is 6.79. The predicted molar refractivity (Wildman–Crippen MR) is 118 cm³/mol. The lowest BCUT2D eigenvalue weighted by molar-refractivity contribution is 0.108. The first kappa shape index (κ1) is 21.3. The van der Waals surface area contributed by atoms with Gasteiger partial charge in [-0.2, -0.15) is 0 Å². The fourth-order valence-electron chi connectivity index (χ4n) is 3.81. The monoisotopic (exact) mass is 422 g/mol. The molecule has 0 spiro atoms. The topological polar surface area (TPSA) is 43.7 Å². The predicted octanol–water partition coefficient (Wildman–Crippen LogP) is 3.82. The molecule has 1 saturated heterocycles. The molecule has 0 N–H and O–H groups in total. The van der Waals surface area contributed by atoms with Gasteiger partial charge in [0.25, 0.3) is 5.56 Å². The molecule has 162 valence electrons. The summed E-state index contributed by atoms with van der Waals surface area (Å²) in [5.74, 6) is 0.204. The summed E-state index contributed by atoms with van der Waals surface area (Å²) in [6.07, 6.45) is 4.15. The molecule has 0 unspecified atom stereocenters. The molecule has 1 aliphatic heterocycles. The van der Waals surface area contributed by atoms with Crippen LogP contribution in [0.5, 0.6) is 5.75 Å². The summed E-state index contributed by atoms with van der Waals surface area (Å²) in [5, 5.41) is 0. The Hall–Kier alpha value is -2.96. The van der Waals surface area contributed by atoms with E-state index in [1.807, 2.05) is 12.1 Å². The highest BCUT2D eigenvalue weighted by molar-refractivity contribution is 5.36. The van der Waals surface area contributed by atoms with Crippen LogP contribution >= 0.6 is 0 Å². The summed E-state index contributed by atoms with van der Waals surface area (Å²) in [7, 11) is 1.78. The third-order valence-electron chi connectivity index (χ3n) is 5.70. The first-order valence-electron chi connectivity index (χ1n) is 10.5. The summed E-state index contributed by atoms with van der Waals surface area (Å²) in [6, 6.07) is 17.4. The number of hydrogen-bond donors (Lipinski definition) is 0. The van der Waals surface area contributed by atoms with Crippen LogP contribution in [-0.4, -0.2) is 42.3 Å². The Bertz CT molecular complexity index is 1050. The summed E-state index contributed by atoms with van der Waals surface area (Å²) in [5.41, 5.74) is 2.75. The summed E-state index contributed by atoms with van der Waals surface area (Å²) < 4.78 is 25.7. The van der Waals surface area contributed by atoms with Gasteiger partial charge >= 0.3 is 0 Å². The number of rotatable bonds is 8. The first-order chi connectivity index (χ1) is 15.1. The maximum absolute atomic E-state index is 13.0. The maximum Gasteiger partial charge on any atom is 0.258 e. The summed E-state index contributed by atoms with van der Waals surface area (Å²) in [4.78, 5) is 15.0. The Labute approximate surface area is 181 Å². The van der Waals surface area contributed by atoms with Gasteiger partial charge in [0.2, 0.25) is 0 Å². The Balaban J connectivity index is 1.34. The van der Waals surface area contributed by atoms with E-state index in [9.17, 15) is 9.18 Å². The average Bonchev–Trinajstić information content (AvgIpc) is 3.26. The van der Waals surface area contributed by atoms with Crippen LogP contribution < -0.4 is 10.3 Å². The van der Waals surface area contributed by atoms with Crippen molar-refractivity contribution < 1.29 is 13.9 Å². The van der Waals surface area contributed by atoms with Gasteiger partial charge in [-0.05, 0) is 54.3 Å². The average molecular weight is 423 g/mol. The molecule has 1 atom stereocenters.